The molecule has 2 heterocycles. The molecule has 1 amide bonds. The average Bonchev–Trinajstić information content (AvgIpc) is 2.78. The van der Waals surface area contributed by atoms with Gasteiger partial charge in [0.25, 0.3) is 0 Å². The molecule has 4 nitrogen and oxygen atoms in total. The standard InChI is InChI=1S/C12H11ClN2O2S2/c13-10-4-3-8(19-10)6-18-7-11(17)15-12-9(16)2-1-5-14-12/h1-5,16H,6-7H2,(H,14,15,17). The number of halogens is 1. The van der Waals surface area contributed by atoms with E-state index in [-0.39, 0.29) is 17.5 Å². The van der Waals surface area contributed by atoms with E-state index in [9.17, 15) is 9.90 Å². The molecular weight excluding hydrogens is 304 g/mol. The first-order valence-corrected chi connectivity index (χ1v) is 7.76. The minimum Gasteiger partial charge on any atom is -0.504 e. The van der Waals surface area contributed by atoms with Gasteiger partial charge in [-0.15, -0.1) is 23.1 Å². The van der Waals surface area contributed by atoms with E-state index in [1.165, 1.54) is 35.4 Å². The molecule has 19 heavy (non-hydrogen) atoms. The number of rotatable bonds is 5. The molecule has 0 atom stereocenters. The van der Waals surface area contributed by atoms with E-state index in [0.717, 1.165) is 15.0 Å². The Morgan fingerprint density at radius 2 is 2.32 bits per heavy atom. The van der Waals surface area contributed by atoms with Crippen molar-refractivity contribution in [2.45, 2.75) is 5.75 Å². The van der Waals surface area contributed by atoms with Crippen molar-refractivity contribution in [2.24, 2.45) is 0 Å². The lowest BCUT2D eigenvalue weighted by molar-refractivity contribution is -0.113. The van der Waals surface area contributed by atoms with Crippen LogP contribution < -0.4 is 5.32 Å². The van der Waals surface area contributed by atoms with Gasteiger partial charge >= 0.3 is 0 Å². The maximum absolute atomic E-state index is 11.7. The van der Waals surface area contributed by atoms with E-state index >= 15 is 0 Å². The van der Waals surface area contributed by atoms with Gasteiger partial charge in [-0.05, 0) is 24.3 Å². The summed E-state index contributed by atoms with van der Waals surface area (Å²) in [5.74, 6) is 0.990. The van der Waals surface area contributed by atoms with Gasteiger partial charge in [-0.1, -0.05) is 11.6 Å². The third-order valence-electron chi connectivity index (χ3n) is 2.15. The maximum Gasteiger partial charge on any atom is 0.235 e. The maximum atomic E-state index is 11.7. The van der Waals surface area contributed by atoms with Gasteiger partial charge in [0.05, 0.1) is 10.1 Å². The summed E-state index contributed by atoms with van der Waals surface area (Å²) in [5.41, 5.74) is 0. The summed E-state index contributed by atoms with van der Waals surface area (Å²) in [5, 5.41) is 12.0. The smallest absolute Gasteiger partial charge is 0.235 e. The van der Waals surface area contributed by atoms with Crippen molar-refractivity contribution in [2.75, 3.05) is 11.1 Å². The number of hydrogen-bond acceptors (Lipinski definition) is 5. The fraction of sp³-hybridized carbons (Fsp3) is 0.167. The Morgan fingerprint density at radius 1 is 1.47 bits per heavy atom. The lowest BCUT2D eigenvalue weighted by Gasteiger charge is -2.05. The van der Waals surface area contributed by atoms with Crippen LogP contribution in [0.2, 0.25) is 4.34 Å². The van der Waals surface area contributed by atoms with Crippen molar-refractivity contribution in [1.82, 2.24) is 4.98 Å². The highest BCUT2D eigenvalue weighted by molar-refractivity contribution is 7.99. The van der Waals surface area contributed by atoms with Crippen LogP contribution in [0.1, 0.15) is 4.88 Å². The van der Waals surface area contributed by atoms with Crippen LogP contribution in [0.3, 0.4) is 0 Å². The van der Waals surface area contributed by atoms with E-state index in [1.54, 1.807) is 6.07 Å². The van der Waals surface area contributed by atoms with Crippen LogP contribution in [-0.2, 0) is 10.5 Å². The lowest BCUT2D eigenvalue weighted by atomic mass is 10.4. The van der Waals surface area contributed by atoms with E-state index in [2.05, 4.69) is 10.3 Å². The number of nitrogens with zero attached hydrogens (tertiary/aromatic N) is 1. The van der Waals surface area contributed by atoms with Gasteiger partial charge in [0.2, 0.25) is 5.91 Å². The van der Waals surface area contributed by atoms with Crippen molar-refractivity contribution in [3.05, 3.63) is 39.7 Å². The molecule has 0 unspecified atom stereocenters. The summed E-state index contributed by atoms with van der Waals surface area (Å²) in [6, 6.07) is 6.86. The minimum atomic E-state index is -0.193. The van der Waals surface area contributed by atoms with Gasteiger partial charge in [0.15, 0.2) is 11.6 Å². The molecule has 0 spiro atoms. The van der Waals surface area contributed by atoms with E-state index in [0.29, 0.717) is 5.75 Å². The molecule has 0 aliphatic carbocycles. The van der Waals surface area contributed by atoms with Crippen molar-refractivity contribution in [3.63, 3.8) is 0 Å². The highest BCUT2D eigenvalue weighted by Gasteiger charge is 2.07. The Labute approximate surface area is 123 Å². The number of aromatic nitrogens is 1. The van der Waals surface area contributed by atoms with Crippen molar-refractivity contribution in [3.8, 4) is 5.75 Å². The fourth-order valence-corrected chi connectivity index (χ4v) is 3.36. The second-order valence-electron chi connectivity index (χ2n) is 3.62. The number of thiophene rings is 1. The minimum absolute atomic E-state index is 0.0362. The molecule has 0 aliphatic rings. The molecule has 2 aromatic rings. The first-order chi connectivity index (χ1) is 9.15. The molecular formula is C12H11ClN2O2S2. The summed E-state index contributed by atoms with van der Waals surface area (Å²) in [6.45, 7) is 0. The number of anilines is 1. The normalized spacial score (nSPS) is 10.4. The molecule has 0 saturated heterocycles. The number of carbonyl (C=O) groups is 1. The SMILES string of the molecule is O=C(CSCc1ccc(Cl)s1)Nc1ncccc1O. The molecule has 7 heteroatoms. The molecule has 0 fully saturated rings. The summed E-state index contributed by atoms with van der Waals surface area (Å²) in [6.07, 6.45) is 1.51. The van der Waals surface area contributed by atoms with Gasteiger partial charge in [0, 0.05) is 16.8 Å². The molecule has 2 rings (SSSR count). The van der Waals surface area contributed by atoms with Gasteiger partial charge in [-0.25, -0.2) is 4.98 Å². The number of aromatic hydroxyl groups is 1. The Balaban J connectivity index is 1.77. The Hall–Kier alpha value is -1.24. The number of carbonyl (C=O) groups excluding carboxylic acids is 1. The molecule has 0 bridgehead atoms. The molecule has 100 valence electrons. The number of nitrogens with one attached hydrogen (secondary N) is 1. The number of amides is 1. The van der Waals surface area contributed by atoms with E-state index in [1.807, 2.05) is 12.1 Å². The second-order valence-corrected chi connectivity index (χ2v) is 6.40. The van der Waals surface area contributed by atoms with Crippen molar-refractivity contribution < 1.29 is 9.90 Å². The molecule has 2 aromatic heterocycles. The first-order valence-electron chi connectivity index (χ1n) is 5.41. The molecule has 0 aromatic carbocycles. The van der Waals surface area contributed by atoms with Crippen LogP contribution in [0, 0.1) is 0 Å². The van der Waals surface area contributed by atoms with Crippen LogP contribution in [0.25, 0.3) is 0 Å². The summed E-state index contributed by atoms with van der Waals surface area (Å²) < 4.78 is 0.749. The summed E-state index contributed by atoms with van der Waals surface area (Å²) in [7, 11) is 0. The van der Waals surface area contributed by atoms with Gasteiger partial charge in [0.1, 0.15) is 0 Å². The van der Waals surface area contributed by atoms with Gasteiger partial charge < -0.3 is 10.4 Å². The Bertz CT molecular complexity index is 574. The summed E-state index contributed by atoms with van der Waals surface area (Å²) >= 11 is 8.81. The first kappa shape index (κ1) is 14.2. The quantitative estimate of drug-likeness (QED) is 0.888. The van der Waals surface area contributed by atoms with Crippen LogP contribution in [0.4, 0.5) is 5.82 Å². The van der Waals surface area contributed by atoms with Crippen molar-refractivity contribution in [1.29, 1.82) is 0 Å². The zero-order valence-corrected chi connectivity index (χ0v) is 12.2. The highest BCUT2D eigenvalue weighted by Crippen LogP contribution is 2.25. The molecule has 2 N–H and O–H groups in total. The molecule has 0 saturated carbocycles. The predicted molar refractivity (Wildman–Crippen MR) is 80.0 cm³/mol. The monoisotopic (exact) mass is 314 g/mol. The fourth-order valence-electron chi connectivity index (χ4n) is 1.33. The second kappa shape index (κ2) is 6.79. The Kier molecular flexibility index (Phi) is 5.07. The number of thioether (sulfide) groups is 1. The highest BCUT2D eigenvalue weighted by atomic mass is 35.5. The lowest BCUT2D eigenvalue weighted by Crippen LogP contribution is -2.15. The van der Waals surface area contributed by atoms with Crippen LogP contribution in [-0.4, -0.2) is 21.8 Å². The topological polar surface area (TPSA) is 62.2 Å². The van der Waals surface area contributed by atoms with E-state index < -0.39 is 0 Å². The zero-order chi connectivity index (χ0) is 13.7. The molecule has 0 aliphatic heterocycles. The predicted octanol–water partition coefficient (Wildman–Crippen LogP) is 3.37. The van der Waals surface area contributed by atoms with Crippen molar-refractivity contribution >= 4 is 46.4 Å². The van der Waals surface area contributed by atoms with Crippen LogP contribution in [0.15, 0.2) is 30.5 Å². The average molecular weight is 315 g/mol. The summed E-state index contributed by atoms with van der Waals surface area (Å²) in [4.78, 5) is 16.7. The van der Waals surface area contributed by atoms with Crippen LogP contribution >= 0.6 is 34.7 Å². The number of hydrogen-bond donors (Lipinski definition) is 2. The molecule has 0 radical (unpaired) electrons. The third kappa shape index (κ3) is 4.41. The Morgan fingerprint density at radius 3 is 3.00 bits per heavy atom. The van der Waals surface area contributed by atoms with Gasteiger partial charge in [-0.2, -0.15) is 0 Å². The third-order valence-corrected chi connectivity index (χ3v) is 4.55. The number of pyridine rings is 1. The van der Waals surface area contributed by atoms with E-state index in [4.69, 9.17) is 11.6 Å². The van der Waals surface area contributed by atoms with Crippen LogP contribution in [0.5, 0.6) is 5.75 Å². The zero-order valence-electron chi connectivity index (χ0n) is 9.80. The van der Waals surface area contributed by atoms with Gasteiger partial charge in [-0.3, -0.25) is 4.79 Å². The largest absolute Gasteiger partial charge is 0.504 e.